The number of para-hydroxylation sites is 1. The van der Waals surface area contributed by atoms with Crippen molar-refractivity contribution in [3.05, 3.63) is 52.2 Å². The molecule has 0 atom stereocenters. The van der Waals surface area contributed by atoms with Crippen LogP contribution in [0.3, 0.4) is 0 Å². The van der Waals surface area contributed by atoms with Crippen molar-refractivity contribution < 1.29 is 9.59 Å². The lowest BCUT2D eigenvalue weighted by molar-refractivity contribution is 0.0725. The molecular weight excluding hydrogens is 354 g/mol. The molecule has 25 heavy (non-hydrogen) atoms. The first-order valence-electron chi connectivity index (χ1n) is 8.19. The molecule has 0 bridgehead atoms. The summed E-state index contributed by atoms with van der Waals surface area (Å²) in [4.78, 5) is 27.3. The van der Waals surface area contributed by atoms with E-state index in [1.54, 1.807) is 18.2 Å². The Kier molecular flexibility index (Phi) is 5.78. The Morgan fingerprint density at radius 1 is 1.04 bits per heavy atom. The summed E-state index contributed by atoms with van der Waals surface area (Å²) < 4.78 is 0. The molecule has 1 aromatic carbocycles. The third-order valence-corrected chi connectivity index (χ3v) is 5.09. The maximum Gasteiger partial charge on any atom is 0.267 e. The molecular formula is C18H19N3O2S2. The molecule has 1 aliphatic heterocycles. The van der Waals surface area contributed by atoms with Crippen LogP contribution in [0.5, 0.6) is 0 Å². The number of amides is 2. The van der Waals surface area contributed by atoms with Gasteiger partial charge in [-0.25, -0.2) is 0 Å². The van der Waals surface area contributed by atoms with Crippen LogP contribution in [0.4, 0.5) is 5.69 Å². The molecule has 3 rings (SSSR count). The lowest BCUT2D eigenvalue weighted by atomic mass is 10.1. The molecule has 2 aromatic rings. The van der Waals surface area contributed by atoms with Gasteiger partial charge in [0.25, 0.3) is 11.8 Å². The monoisotopic (exact) mass is 373 g/mol. The molecule has 0 aliphatic carbocycles. The Morgan fingerprint density at radius 2 is 1.80 bits per heavy atom. The van der Waals surface area contributed by atoms with E-state index in [4.69, 9.17) is 12.2 Å². The average molecular weight is 374 g/mol. The Bertz CT molecular complexity index is 768. The second-order valence-corrected chi connectivity index (χ2v) is 7.14. The summed E-state index contributed by atoms with van der Waals surface area (Å²) in [6, 6.07) is 10.8. The van der Waals surface area contributed by atoms with Gasteiger partial charge in [0, 0.05) is 13.1 Å². The number of carbonyl (C=O) groups is 2. The van der Waals surface area contributed by atoms with Gasteiger partial charge in [0.2, 0.25) is 0 Å². The molecule has 1 saturated heterocycles. The number of rotatable bonds is 3. The van der Waals surface area contributed by atoms with Crippen LogP contribution in [0.2, 0.25) is 0 Å². The highest BCUT2D eigenvalue weighted by molar-refractivity contribution is 7.80. The third-order valence-electron chi connectivity index (χ3n) is 4.02. The van der Waals surface area contributed by atoms with Gasteiger partial charge in [0.15, 0.2) is 5.11 Å². The van der Waals surface area contributed by atoms with Crippen molar-refractivity contribution in [3.63, 3.8) is 0 Å². The van der Waals surface area contributed by atoms with Gasteiger partial charge in [-0.2, -0.15) is 0 Å². The highest BCUT2D eigenvalue weighted by Gasteiger charge is 2.21. The summed E-state index contributed by atoms with van der Waals surface area (Å²) in [6.45, 7) is 1.57. The molecule has 0 spiro atoms. The Hall–Kier alpha value is -2.25. The van der Waals surface area contributed by atoms with Gasteiger partial charge in [-0.05, 0) is 55.1 Å². The first-order valence-corrected chi connectivity index (χ1v) is 9.48. The number of thiocarbonyl (C=S) groups is 1. The largest absolute Gasteiger partial charge is 0.339 e. The van der Waals surface area contributed by atoms with E-state index in [0.29, 0.717) is 16.1 Å². The highest BCUT2D eigenvalue weighted by Crippen LogP contribution is 2.20. The summed E-state index contributed by atoms with van der Waals surface area (Å²) in [6.07, 6.45) is 3.25. The number of hydrogen-bond acceptors (Lipinski definition) is 4. The normalized spacial score (nSPS) is 14.0. The first-order chi connectivity index (χ1) is 12.1. The molecule has 5 nitrogen and oxygen atoms in total. The zero-order chi connectivity index (χ0) is 17.6. The molecule has 0 unspecified atom stereocenters. The number of nitrogens with one attached hydrogen (secondary N) is 2. The van der Waals surface area contributed by atoms with E-state index in [1.807, 2.05) is 28.5 Å². The quantitative estimate of drug-likeness (QED) is 0.809. The summed E-state index contributed by atoms with van der Waals surface area (Å²) in [5, 5.41) is 7.63. The van der Waals surface area contributed by atoms with Crippen molar-refractivity contribution in [2.24, 2.45) is 0 Å². The van der Waals surface area contributed by atoms with Gasteiger partial charge in [0.05, 0.1) is 16.1 Å². The fourth-order valence-corrected chi connectivity index (χ4v) is 3.59. The van der Waals surface area contributed by atoms with Gasteiger partial charge in [-0.15, -0.1) is 11.3 Å². The Balaban J connectivity index is 1.69. The van der Waals surface area contributed by atoms with Gasteiger partial charge < -0.3 is 10.2 Å². The minimum absolute atomic E-state index is 0.00446. The molecule has 0 radical (unpaired) electrons. The number of nitrogens with zero attached hydrogens (tertiary/aromatic N) is 1. The Morgan fingerprint density at radius 3 is 2.52 bits per heavy atom. The molecule has 1 aliphatic rings. The van der Waals surface area contributed by atoms with Crippen LogP contribution in [-0.4, -0.2) is 34.9 Å². The van der Waals surface area contributed by atoms with Gasteiger partial charge >= 0.3 is 0 Å². The van der Waals surface area contributed by atoms with Gasteiger partial charge in [-0.1, -0.05) is 18.2 Å². The minimum Gasteiger partial charge on any atom is -0.339 e. The van der Waals surface area contributed by atoms with E-state index < -0.39 is 0 Å². The summed E-state index contributed by atoms with van der Waals surface area (Å²) in [5.74, 6) is -0.262. The number of anilines is 1. The maximum atomic E-state index is 12.8. The van der Waals surface area contributed by atoms with E-state index in [-0.39, 0.29) is 16.9 Å². The number of likely N-dealkylation sites (tertiary alicyclic amines) is 1. The van der Waals surface area contributed by atoms with E-state index >= 15 is 0 Å². The molecule has 2 N–H and O–H groups in total. The summed E-state index contributed by atoms with van der Waals surface area (Å²) in [5.41, 5.74) is 1.17. The molecule has 7 heteroatoms. The first kappa shape index (κ1) is 17.6. The molecule has 1 fully saturated rings. The second kappa shape index (κ2) is 8.22. The predicted molar refractivity (Wildman–Crippen MR) is 104 cm³/mol. The highest BCUT2D eigenvalue weighted by atomic mass is 32.1. The van der Waals surface area contributed by atoms with Crippen molar-refractivity contribution >= 4 is 46.2 Å². The van der Waals surface area contributed by atoms with E-state index in [1.165, 1.54) is 17.8 Å². The molecule has 0 saturated carbocycles. The summed E-state index contributed by atoms with van der Waals surface area (Å²) in [7, 11) is 0. The predicted octanol–water partition coefficient (Wildman–Crippen LogP) is 3.50. The zero-order valence-electron chi connectivity index (χ0n) is 13.7. The SMILES string of the molecule is O=C(NC(=S)Nc1ccccc1C(=O)N1CCCCC1)c1cccs1. The van der Waals surface area contributed by atoms with Crippen molar-refractivity contribution in [2.75, 3.05) is 18.4 Å². The van der Waals surface area contributed by atoms with Crippen LogP contribution in [0.1, 0.15) is 39.3 Å². The Labute approximate surface area is 156 Å². The van der Waals surface area contributed by atoms with Crippen molar-refractivity contribution in [2.45, 2.75) is 19.3 Å². The number of benzene rings is 1. The number of carbonyl (C=O) groups excluding carboxylic acids is 2. The van der Waals surface area contributed by atoms with Crippen molar-refractivity contribution in [1.82, 2.24) is 10.2 Å². The average Bonchev–Trinajstić information content (AvgIpc) is 3.17. The summed E-state index contributed by atoms with van der Waals surface area (Å²) >= 11 is 6.57. The smallest absolute Gasteiger partial charge is 0.267 e. The lowest BCUT2D eigenvalue weighted by Gasteiger charge is -2.27. The number of hydrogen-bond donors (Lipinski definition) is 2. The molecule has 130 valence electrons. The van der Waals surface area contributed by atoms with Crippen LogP contribution in [-0.2, 0) is 0 Å². The van der Waals surface area contributed by atoms with Gasteiger partial charge in [0.1, 0.15) is 0 Å². The van der Waals surface area contributed by atoms with Crippen LogP contribution < -0.4 is 10.6 Å². The second-order valence-electron chi connectivity index (χ2n) is 5.78. The standard InChI is InChI=1S/C18H19N3O2S2/c22-16(15-9-6-12-25-15)20-18(24)19-14-8-3-2-7-13(14)17(23)21-10-4-1-5-11-21/h2-3,6-9,12H,1,4-5,10-11H2,(H2,19,20,22,24). The van der Waals surface area contributed by atoms with Crippen LogP contribution in [0.15, 0.2) is 41.8 Å². The van der Waals surface area contributed by atoms with Crippen LogP contribution in [0.25, 0.3) is 0 Å². The van der Waals surface area contributed by atoms with E-state index in [9.17, 15) is 9.59 Å². The number of thiophene rings is 1. The molecule has 1 aromatic heterocycles. The van der Waals surface area contributed by atoms with Crippen LogP contribution in [0, 0.1) is 0 Å². The van der Waals surface area contributed by atoms with E-state index in [0.717, 1.165) is 25.9 Å². The fraction of sp³-hybridized carbons (Fsp3) is 0.278. The third kappa shape index (κ3) is 4.43. The van der Waals surface area contributed by atoms with Gasteiger partial charge in [-0.3, -0.25) is 14.9 Å². The van der Waals surface area contributed by atoms with Crippen molar-refractivity contribution in [1.29, 1.82) is 0 Å². The molecule has 2 heterocycles. The minimum atomic E-state index is -0.257. The lowest BCUT2D eigenvalue weighted by Crippen LogP contribution is -2.37. The van der Waals surface area contributed by atoms with Crippen LogP contribution >= 0.6 is 23.6 Å². The topological polar surface area (TPSA) is 61.4 Å². The molecule has 2 amide bonds. The fourth-order valence-electron chi connectivity index (χ4n) is 2.77. The zero-order valence-corrected chi connectivity index (χ0v) is 15.3. The number of piperidine rings is 1. The van der Waals surface area contributed by atoms with Crippen molar-refractivity contribution in [3.8, 4) is 0 Å². The van der Waals surface area contributed by atoms with E-state index in [2.05, 4.69) is 10.6 Å². The maximum absolute atomic E-state index is 12.8.